The molecule has 4 atom stereocenters. The van der Waals surface area contributed by atoms with Gasteiger partial charge in [0.2, 0.25) is 11.8 Å². The van der Waals surface area contributed by atoms with Crippen molar-refractivity contribution >= 4 is 35.1 Å². The van der Waals surface area contributed by atoms with E-state index in [1.54, 1.807) is 36.4 Å². The van der Waals surface area contributed by atoms with Crippen molar-refractivity contribution in [3.8, 4) is 0 Å². The smallest absolute Gasteiger partial charge is 0.325 e. The number of imide groups is 1. The molecule has 0 saturated carbocycles. The molecule has 2 aliphatic rings. The van der Waals surface area contributed by atoms with Crippen LogP contribution in [-0.2, 0) is 20.8 Å². The standard InChI is InChI=1S/C27H23ClN2O4/c1-16-11-13-18(14-12-16)30-24(31)21-22(25(30)32)27(26(33)34,15-17-7-3-2-4-8-17)29-23(21)19-9-5-6-10-20(19)28/h2-14,21-23,29H,15H2,1H3,(H,33,34)/t21-,22-,23-,27+/m0/s1. The Bertz CT molecular complexity index is 1280. The van der Waals surface area contributed by atoms with Crippen LogP contribution in [0.1, 0.15) is 22.7 Å². The van der Waals surface area contributed by atoms with Crippen molar-refractivity contribution in [2.75, 3.05) is 4.90 Å². The first-order valence-corrected chi connectivity index (χ1v) is 11.5. The molecule has 6 nitrogen and oxygen atoms in total. The average Bonchev–Trinajstić information content (AvgIpc) is 3.30. The summed E-state index contributed by atoms with van der Waals surface area (Å²) in [5.41, 5.74) is 1.10. The molecule has 2 fully saturated rings. The number of fused-ring (bicyclic) bond motifs is 1. The van der Waals surface area contributed by atoms with Gasteiger partial charge in [-0.05, 0) is 36.2 Å². The Morgan fingerprint density at radius 2 is 1.62 bits per heavy atom. The molecule has 2 aliphatic heterocycles. The van der Waals surface area contributed by atoms with Crippen LogP contribution in [-0.4, -0.2) is 28.4 Å². The zero-order valence-corrected chi connectivity index (χ0v) is 19.2. The van der Waals surface area contributed by atoms with Crippen LogP contribution in [0.4, 0.5) is 5.69 Å². The van der Waals surface area contributed by atoms with E-state index in [-0.39, 0.29) is 6.42 Å². The fourth-order valence-electron chi connectivity index (χ4n) is 5.30. The molecule has 3 aromatic carbocycles. The number of carbonyl (C=O) groups excluding carboxylic acids is 2. The lowest BCUT2D eigenvalue weighted by Crippen LogP contribution is -2.57. The number of nitrogens with zero attached hydrogens (tertiary/aromatic N) is 1. The number of anilines is 1. The van der Waals surface area contributed by atoms with E-state index in [2.05, 4.69) is 5.32 Å². The fraction of sp³-hybridized carbons (Fsp3) is 0.222. The molecule has 0 bridgehead atoms. The van der Waals surface area contributed by atoms with E-state index in [1.165, 1.54) is 0 Å². The van der Waals surface area contributed by atoms with Crippen LogP contribution in [0.2, 0.25) is 5.02 Å². The Labute approximate surface area is 202 Å². The van der Waals surface area contributed by atoms with E-state index in [4.69, 9.17) is 11.6 Å². The third kappa shape index (κ3) is 3.42. The summed E-state index contributed by atoms with van der Waals surface area (Å²) in [6.07, 6.45) is 0.0477. The summed E-state index contributed by atoms with van der Waals surface area (Å²) in [6.45, 7) is 1.92. The molecule has 34 heavy (non-hydrogen) atoms. The van der Waals surface area contributed by atoms with Gasteiger partial charge in [0.1, 0.15) is 5.54 Å². The zero-order valence-electron chi connectivity index (χ0n) is 18.4. The lowest BCUT2D eigenvalue weighted by Gasteiger charge is -2.31. The summed E-state index contributed by atoms with van der Waals surface area (Å²) >= 11 is 6.49. The van der Waals surface area contributed by atoms with Gasteiger partial charge < -0.3 is 5.11 Å². The van der Waals surface area contributed by atoms with E-state index in [9.17, 15) is 19.5 Å². The lowest BCUT2D eigenvalue weighted by atomic mass is 9.76. The van der Waals surface area contributed by atoms with Gasteiger partial charge in [0.05, 0.1) is 17.5 Å². The molecular formula is C27H23ClN2O4. The van der Waals surface area contributed by atoms with Gasteiger partial charge in [-0.2, -0.15) is 0 Å². The van der Waals surface area contributed by atoms with Gasteiger partial charge in [0, 0.05) is 17.5 Å². The number of carbonyl (C=O) groups is 3. The number of nitrogens with one attached hydrogen (secondary N) is 1. The number of aryl methyl sites for hydroxylation is 1. The predicted molar refractivity (Wildman–Crippen MR) is 128 cm³/mol. The molecule has 2 heterocycles. The quantitative estimate of drug-likeness (QED) is 0.542. The highest BCUT2D eigenvalue weighted by atomic mass is 35.5. The summed E-state index contributed by atoms with van der Waals surface area (Å²) in [6, 6.07) is 22.5. The minimum atomic E-state index is -1.68. The first kappa shape index (κ1) is 22.3. The highest BCUT2D eigenvalue weighted by Crippen LogP contribution is 2.51. The number of carboxylic acids is 1. The number of amides is 2. The van der Waals surface area contributed by atoms with Gasteiger partial charge in [-0.25, -0.2) is 4.90 Å². The number of hydrogen-bond donors (Lipinski definition) is 2. The highest BCUT2D eigenvalue weighted by Gasteiger charge is 2.68. The van der Waals surface area contributed by atoms with Crippen molar-refractivity contribution in [1.29, 1.82) is 0 Å². The second-order valence-corrected chi connectivity index (χ2v) is 9.34. The topological polar surface area (TPSA) is 86.7 Å². The molecule has 3 aromatic rings. The molecule has 0 aliphatic carbocycles. The number of halogens is 1. The number of benzene rings is 3. The molecule has 2 saturated heterocycles. The molecular weight excluding hydrogens is 452 g/mol. The minimum Gasteiger partial charge on any atom is -0.480 e. The maximum Gasteiger partial charge on any atom is 0.325 e. The average molecular weight is 475 g/mol. The second-order valence-electron chi connectivity index (χ2n) is 8.93. The van der Waals surface area contributed by atoms with Gasteiger partial charge >= 0.3 is 5.97 Å². The third-order valence-electron chi connectivity index (χ3n) is 6.89. The van der Waals surface area contributed by atoms with Gasteiger partial charge in [-0.1, -0.05) is 77.8 Å². The highest BCUT2D eigenvalue weighted by molar-refractivity contribution is 6.31. The maximum absolute atomic E-state index is 13.8. The number of aliphatic carboxylic acids is 1. The van der Waals surface area contributed by atoms with Gasteiger partial charge in [-0.15, -0.1) is 0 Å². The molecule has 2 N–H and O–H groups in total. The monoisotopic (exact) mass is 474 g/mol. The van der Waals surface area contributed by atoms with E-state index < -0.39 is 41.2 Å². The van der Waals surface area contributed by atoms with Crippen LogP contribution in [0.3, 0.4) is 0 Å². The Kier molecular flexibility index (Phi) is 5.50. The summed E-state index contributed by atoms with van der Waals surface area (Å²) in [5.74, 6) is -4.12. The normalized spacial score (nSPS) is 26.1. The third-order valence-corrected chi connectivity index (χ3v) is 7.24. The van der Waals surface area contributed by atoms with Gasteiger partial charge in [0.25, 0.3) is 0 Å². The van der Waals surface area contributed by atoms with Crippen LogP contribution in [0.5, 0.6) is 0 Å². The van der Waals surface area contributed by atoms with Crippen molar-refractivity contribution in [1.82, 2.24) is 5.32 Å². The number of carboxylic acid groups (broad SMARTS) is 1. The second kappa shape index (κ2) is 8.38. The van der Waals surface area contributed by atoms with Crippen molar-refractivity contribution in [2.45, 2.75) is 24.9 Å². The Morgan fingerprint density at radius 1 is 0.971 bits per heavy atom. The Balaban J connectivity index is 1.67. The van der Waals surface area contributed by atoms with Crippen molar-refractivity contribution < 1.29 is 19.5 Å². The first-order chi connectivity index (χ1) is 16.3. The van der Waals surface area contributed by atoms with Crippen molar-refractivity contribution in [3.63, 3.8) is 0 Å². The molecule has 7 heteroatoms. The fourth-order valence-corrected chi connectivity index (χ4v) is 5.55. The van der Waals surface area contributed by atoms with Crippen LogP contribution in [0, 0.1) is 18.8 Å². The Morgan fingerprint density at radius 3 is 2.26 bits per heavy atom. The summed E-state index contributed by atoms with van der Waals surface area (Å²) in [4.78, 5) is 41.6. The van der Waals surface area contributed by atoms with Crippen LogP contribution < -0.4 is 10.2 Å². The first-order valence-electron chi connectivity index (χ1n) is 11.1. The number of rotatable bonds is 5. The number of hydrogen-bond acceptors (Lipinski definition) is 4. The molecule has 0 unspecified atom stereocenters. The summed E-state index contributed by atoms with van der Waals surface area (Å²) in [5, 5.41) is 14.1. The van der Waals surface area contributed by atoms with E-state index >= 15 is 0 Å². The summed E-state index contributed by atoms with van der Waals surface area (Å²) in [7, 11) is 0. The van der Waals surface area contributed by atoms with Crippen molar-refractivity contribution in [2.24, 2.45) is 11.8 Å². The molecule has 5 rings (SSSR count). The maximum atomic E-state index is 13.8. The largest absolute Gasteiger partial charge is 0.480 e. The molecule has 0 spiro atoms. The SMILES string of the molecule is Cc1ccc(N2C(=O)[C@H]3[C@@H](C2=O)[C@](Cc2ccccc2)(C(=O)O)N[C@H]3c2ccccc2Cl)cc1. The van der Waals surface area contributed by atoms with E-state index in [0.29, 0.717) is 16.3 Å². The molecule has 0 aromatic heterocycles. The molecule has 0 radical (unpaired) electrons. The van der Waals surface area contributed by atoms with Crippen molar-refractivity contribution in [3.05, 3.63) is 101 Å². The van der Waals surface area contributed by atoms with Crippen LogP contribution in [0.25, 0.3) is 0 Å². The molecule has 2 amide bonds. The zero-order chi connectivity index (χ0) is 24.0. The molecule has 172 valence electrons. The summed E-state index contributed by atoms with van der Waals surface area (Å²) < 4.78 is 0. The minimum absolute atomic E-state index is 0.0477. The predicted octanol–water partition coefficient (Wildman–Crippen LogP) is 4.16. The van der Waals surface area contributed by atoms with Gasteiger partial charge in [-0.3, -0.25) is 19.7 Å². The van der Waals surface area contributed by atoms with E-state index in [0.717, 1.165) is 16.0 Å². The van der Waals surface area contributed by atoms with E-state index in [1.807, 2.05) is 49.4 Å². The Hall–Kier alpha value is -3.48. The van der Waals surface area contributed by atoms with Crippen LogP contribution >= 0.6 is 11.6 Å². The van der Waals surface area contributed by atoms with Crippen LogP contribution in [0.15, 0.2) is 78.9 Å². The lowest BCUT2D eigenvalue weighted by molar-refractivity contribution is -0.148. The van der Waals surface area contributed by atoms with Gasteiger partial charge in [0.15, 0.2) is 0 Å².